The highest BCUT2D eigenvalue weighted by Gasteiger charge is 2.15. The molecule has 0 aliphatic heterocycles. The Hall–Kier alpha value is -1.05. The minimum absolute atomic E-state index is 0. The van der Waals surface area contributed by atoms with Gasteiger partial charge in [-0.2, -0.15) is 0 Å². The van der Waals surface area contributed by atoms with E-state index in [-0.39, 0.29) is 24.0 Å². The molecule has 0 saturated heterocycles. The molecule has 0 unspecified atom stereocenters. The van der Waals surface area contributed by atoms with Gasteiger partial charge in [0.25, 0.3) is 0 Å². The molecular formula is C16H28IN5. The molecule has 2 rings (SSSR count). The Balaban J connectivity index is 0.00000242. The predicted molar refractivity (Wildman–Crippen MR) is 104 cm³/mol. The zero-order valence-corrected chi connectivity index (χ0v) is 16.1. The Morgan fingerprint density at radius 1 is 1.36 bits per heavy atom. The van der Waals surface area contributed by atoms with Crippen molar-refractivity contribution in [3.8, 4) is 0 Å². The van der Waals surface area contributed by atoms with Crippen molar-refractivity contribution in [2.75, 3.05) is 25.5 Å². The van der Waals surface area contributed by atoms with E-state index in [4.69, 9.17) is 4.99 Å². The molecule has 0 bridgehead atoms. The van der Waals surface area contributed by atoms with Crippen LogP contribution >= 0.6 is 24.0 Å². The zero-order valence-electron chi connectivity index (χ0n) is 13.8. The van der Waals surface area contributed by atoms with Crippen LogP contribution in [-0.2, 0) is 6.54 Å². The first kappa shape index (κ1) is 19.0. The van der Waals surface area contributed by atoms with Crippen LogP contribution in [0.3, 0.4) is 0 Å². The fraction of sp³-hybridized carbons (Fsp3) is 0.625. The van der Waals surface area contributed by atoms with Gasteiger partial charge in [0, 0.05) is 32.9 Å². The third-order valence-electron chi connectivity index (χ3n) is 3.73. The van der Waals surface area contributed by atoms with Crippen LogP contribution in [-0.4, -0.2) is 37.6 Å². The number of rotatable bonds is 5. The summed E-state index contributed by atoms with van der Waals surface area (Å²) in [5.41, 5.74) is 1.18. The van der Waals surface area contributed by atoms with Gasteiger partial charge in [-0.15, -0.1) is 24.0 Å². The van der Waals surface area contributed by atoms with Gasteiger partial charge in [-0.1, -0.05) is 12.8 Å². The van der Waals surface area contributed by atoms with Gasteiger partial charge in [-0.3, -0.25) is 0 Å². The monoisotopic (exact) mass is 417 g/mol. The van der Waals surface area contributed by atoms with Crippen molar-refractivity contribution in [1.29, 1.82) is 0 Å². The number of aliphatic imine (C=N–C) groups is 1. The Morgan fingerprint density at radius 2 is 2.09 bits per heavy atom. The maximum Gasteiger partial charge on any atom is 0.191 e. The fourth-order valence-electron chi connectivity index (χ4n) is 2.56. The van der Waals surface area contributed by atoms with E-state index in [1.165, 1.54) is 31.2 Å². The summed E-state index contributed by atoms with van der Waals surface area (Å²) in [6.07, 6.45) is 7.01. The summed E-state index contributed by atoms with van der Waals surface area (Å²) < 4.78 is 0. The maximum absolute atomic E-state index is 4.70. The summed E-state index contributed by atoms with van der Waals surface area (Å²) in [6.45, 7) is 3.66. The van der Waals surface area contributed by atoms with Gasteiger partial charge in [-0.05, 0) is 37.5 Å². The van der Waals surface area contributed by atoms with Crippen LogP contribution in [0.1, 0.15) is 38.2 Å². The van der Waals surface area contributed by atoms with Crippen LogP contribution in [0.25, 0.3) is 0 Å². The predicted octanol–water partition coefficient (Wildman–Crippen LogP) is 2.76. The van der Waals surface area contributed by atoms with Gasteiger partial charge in [0.1, 0.15) is 5.82 Å². The van der Waals surface area contributed by atoms with Crippen molar-refractivity contribution in [1.82, 2.24) is 15.6 Å². The minimum atomic E-state index is 0. The lowest BCUT2D eigenvalue weighted by Gasteiger charge is -2.17. The molecule has 1 aliphatic carbocycles. The summed E-state index contributed by atoms with van der Waals surface area (Å²) in [5.74, 6) is 1.89. The molecule has 0 amide bonds. The highest BCUT2D eigenvalue weighted by molar-refractivity contribution is 14.0. The quantitative estimate of drug-likeness (QED) is 0.440. The smallest absolute Gasteiger partial charge is 0.191 e. The van der Waals surface area contributed by atoms with Gasteiger partial charge >= 0.3 is 0 Å². The van der Waals surface area contributed by atoms with E-state index in [1.807, 2.05) is 31.3 Å². The Bertz CT molecular complexity index is 469. The number of nitrogens with zero attached hydrogens (tertiary/aromatic N) is 3. The van der Waals surface area contributed by atoms with Crippen LogP contribution in [0.4, 0.5) is 5.82 Å². The first-order chi connectivity index (χ1) is 10.2. The molecule has 2 N–H and O–H groups in total. The molecule has 1 fully saturated rings. The third-order valence-corrected chi connectivity index (χ3v) is 3.73. The van der Waals surface area contributed by atoms with Crippen molar-refractivity contribution in [2.24, 2.45) is 4.99 Å². The molecule has 0 spiro atoms. The van der Waals surface area contributed by atoms with Crippen molar-refractivity contribution in [3.63, 3.8) is 0 Å². The number of nitrogens with one attached hydrogen (secondary N) is 2. The number of anilines is 1. The molecule has 1 aliphatic rings. The molecular weight excluding hydrogens is 389 g/mol. The minimum Gasteiger partial charge on any atom is -0.363 e. The first-order valence-electron chi connectivity index (χ1n) is 7.86. The Labute approximate surface area is 151 Å². The summed E-state index contributed by atoms with van der Waals surface area (Å²) in [4.78, 5) is 11.0. The number of hydrogen-bond donors (Lipinski definition) is 2. The van der Waals surface area contributed by atoms with Crippen molar-refractivity contribution >= 4 is 35.8 Å². The average Bonchev–Trinajstić information content (AvgIpc) is 2.98. The standard InChI is InChI=1S/C16H27N5.HI/c1-4-17-16(20-14-7-5-6-8-14)19-12-13-9-10-18-15(11-13)21(2)3;/h9-11,14H,4-8,12H2,1-3H3,(H2,17,19,20);1H. The summed E-state index contributed by atoms with van der Waals surface area (Å²) in [7, 11) is 4.00. The van der Waals surface area contributed by atoms with Gasteiger partial charge in [0.15, 0.2) is 5.96 Å². The topological polar surface area (TPSA) is 52.6 Å². The molecule has 124 valence electrons. The largest absolute Gasteiger partial charge is 0.363 e. The number of pyridine rings is 1. The molecule has 0 radical (unpaired) electrons. The second-order valence-electron chi connectivity index (χ2n) is 5.74. The maximum atomic E-state index is 4.70. The van der Waals surface area contributed by atoms with E-state index in [0.717, 1.165) is 18.3 Å². The molecule has 1 heterocycles. The molecule has 5 nitrogen and oxygen atoms in total. The van der Waals surface area contributed by atoms with Gasteiger partial charge in [0.05, 0.1) is 6.54 Å². The Kier molecular flexibility index (Phi) is 8.52. The molecule has 1 aromatic heterocycles. The van der Waals surface area contributed by atoms with Crippen molar-refractivity contribution in [3.05, 3.63) is 23.9 Å². The molecule has 0 atom stereocenters. The number of guanidine groups is 1. The van der Waals surface area contributed by atoms with E-state index < -0.39 is 0 Å². The van der Waals surface area contributed by atoms with E-state index in [1.54, 1.807) is 0 Å². The lowest BCUT2D eigenvalue weighted by atomic mass is 10.2. The van der Waals surface area contributed by atoms with Gasteiger partial charge in [0.2, 0.25) is 0 Å². The number of halogens is 1. The van der Waals surface area contributed by atoms with Crippen LogP contribution in [0.15, 0.2) is 23.3 Å². The van der Waals surface area contributed by atoms with Gasteiger partial charge in [-0.25, -0.2) is 9.98 Å². The highest BCUT2D eigenvalue weighted by atomic mass is 127. The summed E-state index contributed by atoms with van der Waals surface area (Å²) >= 11 is 0. The van der Waals surface area contributed by atoms with Crippen LogP contribution in [0.5, 0.6) is 0 Å². The Morgan fingerprint density at radius 3 is 2.73 bits per heavy atom. The first-order valence-corrected chi connectivity index (χ1v) is 7.86. The van der Waals surface area contributed by atoms with Crippen LogP contribution in [0.2, 0.25) is 0 Å². The second-order valence-corrected chi connectivity index (χ2v) is 5.74. The molecule has 1 saturated carbocycles. The normalized spacial score (nSPS) is 15.3. The molecule has 0 aromatic carbocycles. The van der Waals surface area contributed by atoms with Crippen LogP contribution in [0, 0.1) is 0 Å². The summed E-state index contributed by atoms with van der Waals surface area (Å²) in [6, 6.07) is 4.69. The molecule has 22 heavy (non-hydrogen) atoms. The van der Waals surface area contributed by atoms with E-state index >= 15 is 0 Å². The summed E-state index contributed by atoms with van der Waals surface area (Å²) in [5, 5.41) is 6.87. The lowest BCUT2D eigenvalue weighted by molar-refractivity contribution is 0.614. The number of hydrogen-bond acceptors (Lipinski definition) is 3. The highest BCUT2D eigenvalue weighted by Crippen LogP contribution is 2.17. The fourth-order valence-corrected chi connectivity index (χ4v) is 2.56. The van der Waals surface area contributed by atoms with E-state index in [0.29, 0.717) is 12.6 Å². The van der Waals surface area contributed by atoms with Crippen molar-refractivity contribution < 1.29 is 0 Å². The lowest BCUT2D eigenvalue weighted by Crippen LogP contribution is -2.42. The number of aromatic nitrogens is 1. The SMILES string of the molecule is CCNC(=NCc1ccnc(N(C)C)c1)NC1CCCC1.I. The van der Waals surface area contributed by atoms with E-state index in [2.05, 4.69) is 28.6 Å². The third kappa shape index (κ3) is 5.98. The average molecular weight is 417 g/mol. The van der Waals surface area contributed by atoms with Crippen molar-refractivity contribution in [2.45, 2.75) is 45.2 Å². The zero-order chi connectivity index (χ0) is 15.1. The van der Waals surface area contributed by atoms with Gasteiger partial charge < -0.3 is 15.5 Å². The van der Waals surface area contributed by atoms with E-state index in [9.17, 15) is 0 Å². The molecule has 6 heteroatoms. The van der Waals surface area contributed by atoms with Crippen LogP contribution < -0.4 is 15.5 Å². The molecule has 1 aromatic rings. The second kappa shape index (κ2) is 9.86.